The first-order valence-electron chi connectivity index (χ1n) is 4.68. The summed E-state index contributed by atoms with van der Waals surface area (Å²) in [6.07, 6.45) is 0. The highest BCUT2D eigenvalue weighted by Gasteiger charge is 2.07. The molecule has 0 aliphatic heterocycles. The zero-order chi connectivity index (χ0) is 10.7. The summed E-state index contributed by atoms with van der Waals surface area (Å²) in [6, 6.07) is 11.4. The van der Waals surface area contributed by atoms with Gasteiger partial charge >= 0.3 is 0 Å². The lowest BCUT2D eigenvalue weighted by Gasteiger charge is -2.06. The van der Waals surface area contributed by atoms with Crippen molar-refractivity contribution in [3.8, 4) is 0 Å². The highest BCUT2D eigenvalue weighted by atomic mass is 32.1. The van der Waals surface area contributed by atoms with E-state index in [-0.39, 0.29) is 5.91 Å². The largest absolute Gasteiger partial charge is 0.321 e. The van der Waals surface area contributed by atoms with Gasteiger partial charge in [-0.1, -0.05) is 24.3 Å². The predicted octanol–water partition coefficient (Wildman–Crippen LogP) is 3.31. The van der Waals surface area contributed by atoms with Crippen molar-refractivity contribution in [2.75, 3.05) is 5.32 Å². The fourth-order valence-electron chi connectivity index (χ4n) is 1.30. The number of anilines is 1. The molecule has 3 heteroatoms. The van der Waals surface area contributed by atoms with Gasteiger partial charge < -0.3 is 5.32 Å². The molecule has 15 heavy (non-hydrogen) atoms. The predicted molar refractivity (Wildman–Crippen MR) is 63.5 cm³/mol. The number of nitrogens with one attached hydrogen (secondary N) is 1. The summed E-state index contributed by atoms with van der Waals surface area (Å²) in [5, 5.41) is 4.78. The van der Waals surface area contributed by atoms with Crippen LogP contribution in [0, 0.1) is 6.92 Å². The van der Waals surface area contributed by atoms with Crippen molar-refractivity contribution in [3.63, 3.8) is 0 Å². The number of para-hydroxylation sites is 1. The summed E-state index contributed by atoms with van der Waals surface area (Å²) < 4.78 is 0. The van der Waals surface area contributed by atoms with Crippen LogP contribution in [0.2, 0.25) is 0 Å². The van der Waals surface area contributed by atoms with Crippen molar-refractivity contribution in [2.45, 2.75) is 6.92 Å². The third-order valence-corrected chi connectivity index (χ3v) is 3.01. The third-order valence-electron chi connectivity index (χ3n) is 2.14. The summed E-state index contributed by atoms with van der Waals surface area (Å²) in [6.45, 7) is 1.98. The Balaban J connectivity index is 2.17. The summed E-state index contributed by atoms with van der Waals surface area (Å²) in [4.78, 5) is 12.5. The quantitative estimate of drug-likeness (QED) is 0.821. The van der Waals surface area contributed by atoms with E-state index in [9.17, 15) is 4.79 Å². The van der Waals surface area contributed by atoms with Crippen LogP contribution in [0.25, 0.3) is 0 Å². The molecule has 1 amide bonds. The van der Waals surface area contributed by atoms with E-state index in [4.69, 9.17) is 0 Å². The van der Waals surface area contributed by atoms with Crippen LogP contribution in [0.5, 0.6) is 0 Å². The molecule has 0 radical (unpaired) electrons. The molecule has 1 aromatic carbocycles. The molecule has 1 heterocycles. The number of hydrogen-bond acceptors (Lipinski definition) is 2. The molecular formula is C12H11NOS. The molecule has 1 N–H and O–H groups in total. The van der Waals surface area contributed by atoms with Gasteiger partial charge in [-0.15, -0.1) is 11.3 Å². The number of amides is 1. The number of aryl methyl sites for hydroxylation is 1. The van der Waals surface area contributed by atoms with Gasteiger partial charge in [-0.05, 0) is 30.0 Å². The minimum Gasteiger partial charge on any atom is -0.321 e. The van der Waals surface area contributed by atoms with E-state index in [1.807, 2.05) is 48.7 Å². The third kappa shape index (κ3) is 2.25. The molecule has 2 rings (SSSR count). The van der Waals surface area contributed by atoms with Crippen LogP contribution in [-0.2, 0) is 0 Å². The van der Waals surface area contributed by atoms with Gasteiger partial charge in [0.25, 0.3) is 5.91 Å². The first kappa shape index (κ1) is 9.93. The lowest BCUT2D eigenvalue weighted by atomic mass is 10.2. The lowest BCUT2D eigenvalue weighted by molar-refractivity contribution is 0.103. The molecule has 76 valence electrons. The maximum atomic E-state index is 11.7. The van der Waals surface area contributed by atoms with Crippen LogP contribution in [-0.4, -0.2) is 5.91 Å². The maximum Gasteiger partial charge on any atom is 0.265 e. The van der Waals surface area contributed by atoms with Crippen molar-refractivity contribution in [1.29, 1.82) is 0 Å². The lowest BCUT2D eigenvalue weighted by Crippen LogP contribution is -2.10. The SMILES string of the molecule is Cc1ccccc1NC(=O)c1cccs1. The van der Waals surface area contributed by atoms with E-state index in [1.54, 1.807) is 0 Å². The van der Waals surface area contributed by atoms with Crippen LogP contribution >= 0.6 is 11.3 Å². The van der Waals surface area contributed by atoms with Gasteiger partial charge in [0.2, 0.25) is 0 Å². The minimum absolute atomic E-state index is 0.0423. The summed E-state index contributed by atoms with van der Waals surface area (Å²) >= 11 is 1.44. The Bertz CT molecular complexity index is 462. The number of thiophene rings is 1. The van der Waals surface area contributed by atoms with Gasteiger partial charge in [0, 0.05) is 5.69 Å². The fourth-order valence-corrected chi connectivity index (χ4v) is 1.92. The molecule has 0 saturated carbocycles. The van der Waals surface area contributed by atoms with E-state index in [1.165, 1.54) is 11.3 Å². The van der Waals surface area contributed by atoms with Crippen molar-refractivity contribution in [2.24, 2.45) is 0 Å². The summed E-state index contributed by atoms with van der Waals surface area (Å²) in [7, 11) is 0. The number of rotatable bonds is 2. The molecule has 0 spiro atoms. The van der Waals surface area contributed by atoms with Crippen LogP contribution in [0.1, 0.15) is 15.2 Å². The second-order valence-corrected chi connectivity index (χ2v) is 4.19. The smallest absolute Gasteiger partial charge is 0.265 e. The Morgan fingerprint density at radius 3 is 2.67 bits per heavy atom. The van der Waals surface area contributed by atoms with Crippen molar-refractivity contribution < 1.29 is 4.79 Å². The first-order chi connectivity index (χ1) is 7.27. The van der Waals surface area contributed by atoms with Gasteiger partial charge in [-0.2, -0.15) is 0 Å². The van der Waals surface area contributed by atoms with E-state index in [0.29, 0.717) is 0 Å². The Labute approximate surface area is 92.6 Å². The van der Waals surface area contributed by atoms with Crippen LogP contribution in [0.3, 0.4) is 0 Å². The van der Waals surface area contributed by atoms with Gasteiger partial charge in [-0.25, -0.2) is 0 Å². The Hall–Kier alpha value is -1.61. The van der Waals surface area contributed by atoms with E-state index in [2.05, 4.69) is 5.32 Å². The average molecular weight is 217 g/mol. The van der Waals surface area contributed by atoms with E-state index in [0.717, 1.165) is 16.1 Å². The Morgan fingerprint density at radius 1 is 1.20 bits per heavy atom. The van der Waals surface area contributed by atoms with Crippen molar-refractivity contribution in [3.05, 3.63) is 52.2 Å². The summed E-state index contributed by atoms with van der Waals surface area (Å²) in [5.41, 5.74) is 1.94. The van der Waals surface area contributed by atoms with Crippen LogP contribution in [0.15, 0.2) is 41.8 Å². The average Bonchev–Trinajstić information content (AvgIpc) is 2.74. The standard InChI is InChI=1S/C12H11NOS/c1-9-5-2-3-6-10(9)13-12(14)11-7-4-8-15-11/h2-8H,1H3,(H,13,14). The van der Waals surface area contributed by atoms with Crippen LogP contribution < -0.4 is 5.32 Å². The molecule has 2 aromatic rings. The molecule has 0 aliphatic carbocycles. The minimum atomic E-state index is -0.0423. The number of carbonyl (C=O) groups excluding carboxylic acids is 1. The van der Waals surface area contributed by atoms with Crippen molar-refractivity contribution >= 4 is 22.9 Å². The van der Waals surface area contributed by atoms with Gasteiger partial charge in [-0.3, -0.25) is 4.79 Å². The fraction of sp³-hybridized carbons (Fsp3) is 0.0833. The summed E-state index contributed by atoms with van der Waals surface area (Å²) in [5.74, 6) is -0.0423. The normalized spacial score (nSPS) is 9.93. The van der Waals surface area contributed by atoms with Gasteiger partial charge in [0.1, 0.15) is 0 Å². The molecular weight excluding hydrogens is 206 g/mol. The molecule has 2 nitrogen and oxygen atoms in total. The van der Waals surface area contributed by atoms with Crippen LogP contribution in [0.4, 0.5) is 5.69 Å². The molecule has 0 bridgehead atoms. The highest BCUT2D eigenvalue weighted by molar-refractivity contribution is 7.12. The van der Waals surface area contributed by atoms with Gasteiger partial charge in [0.05, 0.1) is 4.88 Å². The number of hydrogen-bond donors (Lipinski definition) is 1. The molecule has 0 unspecified atom stereocenters. The molecule has 0 aliphatic rings. The highest BCUT2D eigenvalue weighted by Crippen LogP contribution is 2.16. The van der Waals surface area contributed by atoms with E-state index < -0.39 is 0 Å². The topological polar surface area (TPSA) is 29.1 Å². The van der Waals surface area contributed by atoms with Crippen molar-refractivity contribution in [1.82, 2.24) is 0 Å². The first-order valence-corrected chi connectivity index (χ1v) is 5.56. The number of carbonyl (C=O) groups is 1. The Kier molecular flexibility index (Phi) is 2.83. The monoisotopic (exact) mass is 217 g/mol. The molecule has 0 atom stereocenters. The zero-order valence-electron chi connectivity index (χ0n) is 8.36. The zero-order valence-corrected chi connectivity index (χ0v) is 9.17. The Morgan fingerprint density at radius 2 is 2.00 bits per heavy atom. The van der Waals surface area contributed by atoms with Gasteiger partial charge in [0.15, 0.2) is 0 Å². The molecule has 0 saturated heterocycles. The van der Waals surface area contributed by atoms with E-state index >= 15 is 0 Å². The molecule has 1 aromatic heterocycles. The number of benzene rings is 1. The maximum absolute atomic E-state index is 11.7. The second kappa shape index (κ2) is 4.28. The molecule has 0 fully saturated rings. The second-order valence-electron chi connectivity index (χ2n) is 3.25.